The van der Waals surface area contributed by atoms with Crippen LogP contribution < -0.4 is 4.90 Å². The molecule has 3 heterocycles. The van der Waals surface area contributed by atoms with E-state index < -0.39 is 0 Å². The molecular formula is C18H20N4O2. The van der Waals surface area contributed by atoms with Crippen molar-refractivity contribution in [1.82, 2.24) is 9.88 Å². The number of fused-ring (bicyclic) bond motifs is 1. The standard InChI is InChI=1S/C18H20N4O2/c1-13-10-18(16-11-14(22(23)24)4-5-17(16)19-13)21-9-6-15(12-21)20-7-2-3-8-20/h2-5,10-11,15H,6-9,12H2,1H3/t15-/m0/s1. The lowest BCUT2D eigenvalue weighted by atomic mass is 10.1. The van der Waals surface area contributed by atoms with Crippen molar-refractivity contribution in [2.24, 2.45) is 0 Å². The zero-order valence-corrected chi connectivity index (χ0v) is 13.7. The predicted octanol–water partition coefficient (Wildman–Crippen LogP) is 2.90. The second-order valence-corrected chi connectivity index (χ2v) is 6.56. The van der Waals surface area contributed by atoms with E-state index in [0.717, 1.165) is 54.9 Å². The molecule has 0 bridgehead atoms. The zero-order chi connectivity index (χ0) is 16.7. The Morgan fingerprint density at radius 2 is 2.04 bits per heavy atom. The van der Waals surface area contributed by atoms with Crippen LogP contribution in [0.5, 0.6) is 0 Å². The van der Waals surface area contributed by atoms with Crippen LogP contribution in [-0.2, 0) is 0 Å². The van der Waals surface area contributed by atoms with Crippen molar-refractivity contribution in [3.05, 3.63) is 52.2 Å². The number of hydrogen-bond donors (Lipinski definition) is 0. The molecule has 6 heteroatoms. The lowest BCUT2D eigenvalue weighted by Crippen LogP contribution is -2.35. The highest BCUT2D eigenvalue weighted by atomic mass is 16.6. The number of nitro benzene ring substituents is 1. The molecule has 1 atom stereocenters. The third-order valence-electron chi connectivity index (χ3n) is 4.98. The molecule has 0 aliphatic carbocycles. The van der Waals surface area contributed by atoms with Crippen LogP contribution >= 0.6 is 0 Å². The van der Waals surface area contributed by atoms with Gasteiger partial charge in [0.2, 0.25) is 0 Å². The van der Waals surface area contributed by atoms with E-state index in [-0.39, 0.29) is 10.6 Å². The number of hydrogen-bond acceptors (Lipinski definition) is 5. The van der Waals surface area contributed by atoms with E-state index in [0.29, 0.717) is 6.04 Å². The van der Waals surface area contributed by atoms with Gasteiger partial charge in [0.05, 0.1) is 10.4 Å². The summed E-state index contributed by atoms with van der Waals surface area (Å²) in [5.74, 6) is 0. The largest absolute Gasteiger partial charge is 0.369 e. The van der Waals surface area contributed by atoms with E-state index in [4.69, 9.17) is 0 Å². The van der Waals surface area contributed by atoms with Crippen molar-refractivity contribution >= 4 is 22.3 Å². The molecule has 0 N–H and O–H groups in total. The fourth-order valence-corrected chi connectivity index (χ4v) is 3.75. The van der Waals surface area contributed by atoms with Gasteiger partial charge in [-0.05, 0) is 25.5 Å². The summed E-state index contributed by atoms with van der Waals surface area (Å²) < 4.78 is 0. The smallest absolute Gasteiger partial charge is 0.270 e. The van der Waals surface area contributed by atoms with Gasteiger partial charge in [-0.2, -0.15) is 0 Å². The van der Waals surface area contributed by atoms with Gasteiger partial charge in [-0.25, -0.2) is 0 Å². The molecule has 1 aromatic carbocycles. The molecule has 4 rings (SSSR count). The maximum atomic E-state index is 11.1. The molecule has 2 aliphatic rings. The monoisotopic (exact) mass is 324 g/mol. The molecule has 0 saturated carbocycles. The lowest BCUT2D eigenvalue weighted by Gasteiger charge is -2.25. The number of benzene rings is 1. The van der Waals surface area contributed by atoms with Crippen LogP contribution in [0, 0.1) is 17.0 Å². The minimum Gasteiger partial charge on any atom is -0.369 e. The maximum absolute atomic E-state index is 11.1. The summed E-state index contributed by atoms with van der Waals surface area (Å²) >= 11 is 0. The number of anilines is 1. The topological polar surface area (TPSA) is 62.5 Å². The van der Waals surface area contributed by atoms with Crippen LogP contribution in [0.15, 0.2) is 36.4 Å². The molecule has 0 radical (unpaired) electrons. The molecule has 0 unspecified atom stereocenters. The van der Waals surface area contributed by atoms with Gasteiger partial charge < -0.3 is 4.90 Å². The first-order valence-electron chi connectivity index (χ1n) is 8.31. The summed E-state index contributed by atoms with van der Waals surface area (Å²) in [6.07, 6.45) is 5.56. The van der Waals surface area contributed by atoms with Crippen LogP contribution in [0.2, 0.25) is 0 Å². The third-order valence-corrected chi connectivity index (χ3v) is 4.98. The molecule has 1 saturated heterocycles. The highest BCUT2D eigenvalue weighted by molar-refractivity contribution is 5.93. The van der Waals surface area contributed by atoms with Gasteiger partial charge in [0.25, 0.3) is 5.69 Å². The zero-order valence-electron chi connectivity index (χ0n) is 13.7. The van der Waals surface area contributed by atoms with Gasteiger partial charge >= 0.3 is 0 Å². The second kappa shape index (κ2) is 5.87. The first-order valence-corrected chi connectivity index (χ1v) is 8.31. The first-order chi connectivity index (χ1) is 11.6. The van der Waals surface area contributed by atoms with Crippen molar-refractivity contribution in [2.75, 3.05) is 31.1 Å². The first kappa shape index (κ1) is 15.1. The number of aryl methyl sites for hydroxylation is 1. The minimum absolute atomic E-state index is 0.119. The van der Waals surface area contributed by atoms with E-state index in [9.17, 15) is 10.1 Å². The summed E-state index contributed by atoms with van der Waals surface area (Å²) in [4.78, 5) is 20.2. The van der Waals surface area contributed by atoms with Crippen molar-refractivity contribution in [3.8, 4) is 0 Å². The van der Waals surface area contributed by atoms with Crippen molar-refractivity contribution in [2.45, 2.75) is 19.4 Å². The SMILES string of the molecule is Cc1cc(N2CC[C@H](N3CC=CC3)C2)c2cc([N+](=O)[O-])ccc2n1. The minimum atomic E-state index is -0.342. The molecule has 2 aromatic rings. The highest BCUT2D eigenvalue weighted by Gasteiger charge is 2.29. The quantitative estimate of drug-likeness (QED) is 0.493. The molecule has 0 spiro atoms. The number of nitrogens with zero attached hydrogens (tertiary/aromatic N) is 4. The Bertz CT molecular complexity index is 825. The number of non-ortho nitro benzene ring substituents is 1. The number of rotatable bonds is 3. The number of nitro groups is 1. The summed E-state index contributed by atoms with van der Waals surface area (Å²) in [5, 5.41) is 12.0. The van der Waals surface area contributed by atoms with Gasteiger partial charge in [-0.1, -0.05) is 12.2 Å². The van der Waals surface area contributed by atoms with E-state index in [1.165, 1.54) is 6.07 Å². The lowest BCUT2D eigenvalue weighted by molar-refractivity contribution is -0.384. The Hall–Kier alpha value is -2.47. The van der Waals surface area contributed by atoms with Crippen molar-refractivity contribution in [1.29, 1.82) is 0 Å². The molecule has 24 heavy (non-hydrogen) atoms. The second-order valence-electron chi connectivity index (χ2n) is 6.56. The highest BCUT2D eigenvalue weighted by Crippen LogP contribution is 2.33. The Morgan fingerprint density at radius 1 is 1.25 bits per heavy atom. The Balaban J connectivity index is 1.70. The van der Waals surface area contributed by atoms with Crippen LogP contribution in [0.4, 0.5) is 11.4 Å². The fraction of sp³-hybridized carbons (Fsp3) is 0.389. The Labute approximate surface area is 140 Å². The molecule has 2 aliphatic heterocycles. The van der Waals surface area contributed by atoms with Gasteiger partial charge in [0, 0.05) is 61.1 Å². The van der Waals surface area contributed by atoms with Gasteiger partial charge in [-0.15, -0.1) is 0 Å². The van der Waals surface area contributed by atoms with E-state index in [2.05, 4.69) is 33.0 Å². The van der Waals surface area contributed by atoms with Gasteiger partial charge in [0.1, 0.15) is 0 Å². The summed E-state index contributed by atoms with van der Waals surface area (Å²) in [6.45, 7) is 5.97. The molecule has 124 valence electrons. The van der Waals surface area contributed by atoms with E-state index in [1.54, 1.807) is 12.1 Å². The fourth-order valence-electron chi connectivity index (χ4n) is 3.75. The van der Waals surface area contributed by atoms with E-state index >= 15 is 0 Å². The Kier molecular flexibility index (Phi) is 3.69. The predicted molar refractivity (Wildman–Crippen MR) is 94.5 cm³/mol. The van der Waals surface area contributed by atoms with Gasteiger partial charge in [-0.3, -0.25) is 20.0 Å². The summed E-state index contributed by atoms with van der Waals surface area (Å²) in [7, 11) is 0. The molecule has 1 fully saturated rings. The molecule has 1 aromatic heterocycles. The number of pyridine rings is 1. The van der Waals surface area contributed by atoms with Crippen LogP contribution in [0.25, 0.3) is 10.9 Å². The van der Waals surface area contributed by atoms with Crippen molar-refractivity contribution in [3.63, 3.8) is 0 Å². The molecule has 0 amide bonds. The van der Waals surface area contributed by atoms with Crippen LogP contribution in [0.1, 0.15) is 12.1 Å². The maximum Gasteiger partial charge on any atom is 0.270 e. The molecular weight excluding hydrogens is 304 g/mol. The van der Waals surface area contributed by atoms with Crippen LogP contribution in [-0.4, -0.2) is 47.0 Å². The number of aromatic nitrogens is 1. The summed E-state index contributed by atoms with van der Waals surface area (Å²) in [5.41, 5.74) is 2.95. The average Bonchev–Trinajstić information content (AvgIpc) is 3.24. The third kappa shape index (κ3) is 2.63. The average molecular weight is 324 g/mol. The normalized spacial score (nSPS) is 21.0. The summed E-state index contributed by atoms with van der Waals surface area (Å²) in [6, 6.07) is 7.53. The Morgan fingerprint density at radius 3 is 2.79 bits per heavy atom. The van der Waals surface area contributed by atoms with Crippen LogP contribution in [0.3, 0.4) is 0 Å². The van der Waals surface area contributed by atoms with E-state index in [1.807, 2.05) is 6.92 Å². The van der Waals surface area contributed by atoms with Gasteiger partial charge in [0.15, 0.2) is 0 Å². The molecule has 6 nitrogen and oxygen atoms in total. The van der Waals surface area contributed by atoms with Crippen molar-refractivity contribution < 1.29 is 4.92 Å².